The molecule has 2 aromatic carbocycles. The molecule has 1 fully saturated rings. The van der Waals surface area contributed by atoms with Gasteiger partial charge in [-0.1, -0.05) is 25.1 Å². The maximum atomic E-state index is 12.8. The molecule has 1 atom stereocenters. The number of para-hydroxylation sites is 1. The van der Waals surface area contributed by atoms with Crippen LogP contribution in [0.5, 0.6) is 0 Å². The topological polar surface area (TPSA) is 102 Å². The van der Waals surface area contributed by atoms with Crippen molar-refractivity contribution < 1.29 is 28.7 Å². The Morgan fingerprint density at radius 2 is 1.94 bits per heavy atom. The first-order valence-corrected chi connectivity index (χ1v) is 11.1. The van der Waals surface area contributed by atoms with Crippen molar-refractivity contribution in [2.45, 2.75) is 39.2 Å². The number of anilines is 1. The second-order valence-electron chi connectivity index (χ2n) is 8.20. The van der Waals surface area contributed by atoms with Gasteiger partial charge < -0.3 is 14.8 Å². The number of benzene rings is 2. The summed E-state index contributed by atoms with van der Waals surface area (Å²) >= 11 is 0. The van der Waals surface area contributed by atoms with Gasteiger partial charge in [0.2, 0.25) is 0 Å². The van der Waals surface area contributed by atoms with E-state index in [2.05, 4.69) is 5.32 Å². The Balaban J connectivity index is 1.39. The van der Waals surface area contributed by atoms with Gasteiger partial charge in [0.1, 0.15) is 0 Å². The third-order valence-corrected chi connectivity index (χ3v) is 5.96. The largest absolute Gasteiger partial charge is 0.452 e. The van der Waals surface area contributed by atoms with Crippen LogP contribution in [0.3, 0.4) is 0 Å². The highest BCUT2D eigenvalue weighted by molar-refractivity contribution is 6.22. The fourth-order valence-corrected chi connectivity index (χ4v) is 4.17. The zero-order chi connectivity index (χ0) is 23.5. The Bertz CT molecular complexity index is 1120. The average molecular weight is 450 g/mol. The quantitative estimate of drug-likeness (QED) is 0.514. The smallest absolute Gasteiger partial charge is 0.338 e. The number of carbonyl (C=O) groups is 4. The normalized spacial score (nSPS) is 17.3. The van der Waals surface area contributed by atoms with E-state index in [1.807, 2.05) is 32.0 Å². The highest BCUT2D eigenvalue weighted by Gasteiger charge is 2.38. The minimum Gasteiger partial charge on any atom is -0.452 e. The van der Waals surface area contributed by atoms with E-state index in [0.29, 0.717) is 12.3 Å². The van der Waals surface area contributed by atoms with E-state index in [1.165, 1.54) is 18.2 Å². The summed E-state index contributed by atoms with van der Waals surface area (Å²) in [6.45, 7) is 4.25. The number of carbonyl (C=O) groups excluding carboxylic acids is 4. The predicted octanol–water partition coefficient (Wildman–Crippen LogP) is 3.13. The van der Waals surface area contributed by atoms with Crippen molar-refractivity contribution in [1.82, 2.24) is 4.90 Å². The summed E-state index contributed by atoms with van der Waals surface area (Å²) in [6, 6.07) is 9.97. The van der Waals surface area contributed by atoms with Crippen LogP contribution in [0.2, 0.25) is 0 Å². The Morgan fingerprint density at radius 1 is 1.15 bits per heavy atom. The molecule has 2 aromatic rings. The number of amides is 3. The van der Waals surface area contributed by atoms with Gasteiger partial charge in [-0.2, -0.15) is 0 Å². The summed E-state index contributed by atoms with van der Waals surface area (Å²) < 4.78 is 10.7. The monoisotopic (exact) mass is 450 g/mol. The zero-order valence-corrected chi connectivity index (χ0v) is 18.7. The average Bonchev–Trinajstić information content (AvgIpc) is 3.41. The summed E-state index contributed by atoms with van der Waals surface area (Å²) in [7, 11) is 0. The van der Waals surface area contributed by atoms with Crippen LogP contribution in [0.15, 0.2) is 36.4 Å². The Hall–Kier alpha value is -3.52. The van der Waals surface area contributed by atoms with E-state index in [9.17, 15) is 19.2 Å². The Labute approximate surface area is 191 Å². The van der Waals surface area contributed by atoms with Crippen LogP contribution in [0.25, 0.3) is 0 Å². The number of imide groups is 1. The second kappa shape index (κ2) is 9.54. The standard InChI is InChI=1S/C25H26N2O6/c1-3-16-7-4-6-15(2)22(16)26-21(28)14-33-25(31)17-9-10-19-20(12-17)24(30)27(23(19)29)13-18-8-5-11-32-18/h4,6-7,9-10,12,18H,3,5,8,11,13-14H2,1-2H3,(H,26,28). The van der Waals surface area contributed by atoms with Gasteiger partial charge in [-0.25, -0.2) is 4.79 Å². The molecule has 3 amide bonds. The van der Waals surface area contributed by atoms with Crippen LogP contribution in [0.4, 0.5) is 5.69 Å². The second-order valence-corrected chi connectivity index (χ2v) is 8.20. The molecule has 1 N–H and O–H groups in total. The van der Waals surface area contributed by atoms with Crippen molar-refractivity contribution in [3.63, 3.8) is 0 Å². The first-order chi connectivity index (χ1) is 15.9. The molecule has 2 aliphatic rings. The molecule has 4 rings (SSSR count). The van der Waals surface area contributed by atoms with Gasteiger partial charge in [0, 0.05) is 12.3 Å². The van der Waals surface area contributed by atoms with Gasteiger partial charge in [-0.15, -0.1) is 0 Å². The van der Waals surface area contributed by atoms with Gasteiger partial charge in [-0.3, -0.25) is 19.3 Å². The first kappa shape index (κ1) is 22.7. The van der Waals surface area contributed by atoms with E-state index >= 15 is 0 Å². The highest BCUT2D eigenvalue weighted by atomic mass is 16.5. The van der Waals surface area contributed by atoms with Crippen LogP contribution in [-0.4, -0.2) is 54.5 Å². The molecule has 8 nitrogen and oxygen atoms in total. The molecule has 172 valence electrons. The van der Waals surface area contributed by atoms with Crippen molar-refractivity contribution in [2.75, 3.05) is 25.1 Å². The molecule has 0 aliphatic carbocycles. The molecule has 8 heteroatoms. The van der Waals surface area contributed by atoms with E-state index < -0.39 is 30.3 Å². The lowest BCUT2D eigenvalue weighted by molar-refractivity contribution is -0.119. The minimum atomic E-state index is -0.744. The SMILES string of the molecule is CCc1cccc(C)c1NC(=O)COC(=O)c1ccc2c(c1)C(=O)N(CC1CCCO1)C2=O. The van der Waals surface area contributed by atoms with Gasteiger partial charge >= 0.3 is 5.97 Å². The van der Waals surface area contributed by atoms with Crippen molar-refractivity contribution >= 4 is 29.4 Å². The van der Waals surface area contributed by atoms with Crippen molar-refractivity contribution in [3.8, 4) is 0 Å². The van der Waals surface area contributed by atoms with Crippen LogP contribution in [0, 0.1) is 6.92 Å². The fourth-order valence-electron chi connectivity index (χ4n) is 4.17. The number of fused-ring (bicyclic) bond motifs is 1. The van der Waals surface area contributed by atoms with E-state index in [0.717, 1.165) is 35.3 Å². The predicted molar refractivity (Wildman–Crippen MR) is 120 cm³/mol. The number of ether oxygens (including phenoxy) is 2. The third kappa shape index (κ3) is 4.66. The molecular formula is C25H26N2O6. The Morgan fingerprint density at radius 3 is 2.67 bits per heavy atom. The maximum Gasteiger partial charge on any atom is 0.338 e. The lowest BCUT2D eigenvalue weighted by Crippen LogP contribution is -2.36. The van der Waals surface area contributed by atoms with Gasteiger partial charge in [0.15, 0.2) is 6.61 Å². The van der Waals surface area contributed by atoms with Gasteiger partial charge in [0.25, 0.3) is 17.7 Å². The molecule has 0 saturated carbocycles. The summed E-state index contributed by atoms with van der Waals surface area (Å²) in [5.41, 5.74) is 3.14. The number of hydrogen-bond acceptors (Lipinski definition) is 6. The number of nitrogens with zero attached hydrogens (tertiary/aromatic N) is 1. The summed E-state index contributed by atoms with van der Waals surface area (Å²) in [5.74, 6) is -2.05. The van der Waals surface area contributed by atoms with Gasteiger partial charge in [-0.05, 0) is 55.5 Å². The molecule has 1 unspecified atom stereocenters. The first-order valence-electron chi connectivity index (χ1n) is 11.1. The van der Waals surface area contributed by atoms with E-state index in [-0.39, 0.29) is 29.3 Å². The summed E-state index contributed by atoms with van der Waals surface area (Å²) in [5, 5.41) is 2.80. The van der Waals surface area contributed by atoms with Crippen molar-refractivity contribution in [3.05, 3.63) is 64.2 Å². The molecule has 0 aromatic heterocycles. The Kier molecular flexibility index (Phi) is 6.55. The summed E-state index contributed by atoms with van der Waals surface area (Å²) in [4.78, 5) is 51.4. The molecule has 0 bridgehead atoms. The number of aryl methyl sites for hydroxylation is 2. The van der Waals surface area contributed by atoms with Crippen molar-refractivity contribution in [1.29, 1.82) is 0 Å². The number of hydrogen-bond donors (Lipinski definition) is 1. The lowest BCUT2D eigenvalue weighted by Gasteiger charge is -2.17. The minimum absolute atomic E-state index is 0.104. The maximum absolute atomic E-state index is 12.8. The van der Waals surface area contributed by atoms with Crippen LogP contribution in [-0.2, 0) is 20.7 Å². The molecule has 2 heterocycles. The lowest BCUT2D eigenvalue weighted by atomic mass is 10.1. The number of esters is 1. The zero-order valence-electron chi connectivity index (χ0n) is 18.7. The van der Waals surface area contributed by atoms with Crippen molar-refractivity contribution in [2.24, 2.45) is 0 Å². The molecule has 0 radical (unpaired) electrons. The van der Waals surface area contributed by atoms with Crippen LogP contribution in [0.1, 0.15) is 62.0 Å². The molecule has 0 spiro atoms. The molecule has 1 saturated heterocycles. The third-order valence-electron chi connectivity index (χ3n) is 5.96. The van der Waals surface area contributed by atoms with Crippen LogP contribution < -0.4 is 5.32 Å². The fraction of sp³-hybridized carbons (Fsp3) is 0.360. The van der Waals surface area contributed by atoms with Crippen LogP contribution >= 0.6 is 0 Å². The molecule has 2 aliphatic heterocycles. The highest BCUT2D eigenvalue weighted by Crippen LogP contribution is 2.26. The summed E-state index contributed by atoms with van der Waals surface area (Å²) in [6.07, 6.45) is 2.30. The number of nitrogens with one attached hydrogen (secondary N) is 1. The molecular weight excluding hydrogens is 424 g/mol. The van der Waals surface area contributed by atoms with E-state index in [1.54, 1.807) is 0 Å². The molecule has 33 heavy (non-hydrogen) atoms. The van der Waals surface area contributed by atoms with E-state index in [4.69, 9.17) is 9.47 Å². The number of rotatable bonds is 7. The van der Waals surface area contributed by atoms with Gasteiger partial charge in [0.05, 0.1) is 29.3 Å².